The normalized spacial score (nSPS) is 29.4. The largest absolute Gasteiger partial charge is 0.352 e. The van der Waals surface area contributed by atoms with Crippen LogP contribution in [0.25, 0.3) is 0 Å². The van der Waals surface area contributed by atoms with E-state index in [9.17, 15) is 4.79 Å². The third-order valence-corrected chi connectivity index (χ3v) is 4.54. The summed E-state index contributed by atoms with van der Waals surface area (Å²) in [6.07, 6.45) is 1.80. The topological polar surface area (TPSA) is 32.3 Å². The first-order valence-electron chi connectivity index (χ1n) is 5.81. The molecule has 0 aliphatic carbocycles. The number of carbonyl (C=O) groups excluding carboxylic acids is 1. The van der Waals surface area contributed by atoms with Crippen molar-refractivity contribution in [3.63, 3.8) is 0 Å². The molecule has 1 N–H and O–H groups in total. The van der Waals surface area contributed by atoms with E-state index in [0.717, 1.165) is 19.5 Å². The smallest absolute Gasteiger partial charge is 0.221 e. The van der Waals surface area contributed by atoms with Crippen molar-refractivity contribution >= 4 is 17.2 Å². The number of amides is 1. The van der Waals surface area contributed by atoms with Crippen LogP contribution in [0, 0.1) is 6.92 Å². The van der Waals surface area contributed by atoms with Gasteiger partial charge in [-0.1, -0.05) is 0 Å². The molecule has 3 nitrogen and oxygen atoms in total. The Balaban J connectivity index is 1.70. The summed E-state index contributed by atoms with van der Waals surface area (Å²) in [5.41, 5.74) is 0. The van der Waals surface area contributed by atoms with Crippen molar-refractivity contribution in [2.24, 2.45) is 0 Å². The number of nitrogens with zero attached hydrogens (tertiary/aromatic N) is 1. The molecule has 0 aromatic carbocycles. The van der Waals surface area contributed by atoms with Gasteiger partial charge < -0.3 is 5.32 Å². The molecular weight excluding hydrogens is 220 g/mol. The Hall–Kier alpha value is -0.870. The fraction of sp³-hybridized carbons (Fsp3) is 0.583. The molecule has 2 atom stereocenters. The second kappa shape index (κ2) is 3.86. The van der Waals surface area contributed by atoms with E-state index in [1.54, 1.807) is 0 Å². The molecule has 0 saturated carbocycles. The summed E-state index contributed by atoms with van der Waals surface area (Å²) in [5.74, 6) is 0.224. The van der Waals surface area contributed by atoms with Gasteiger partial charge in [-0.05, 0) is 25.5 Å². The van der Waals surface area contributed by atoms with E-state index in [-0.39, 0.29) is 5.91 Å². The Labute approximate surface area is 99.5 Å². The number of carbonyl (C=O) groups is 1. The van der Waals surface area contributed by atoms with Gasteiger partial charge in [0.25, 0.3) is 0 Å². The molecule has 0 radical (unpaired) electrons. The van der Waals surface area contributed by atoms with E-state index < -0.39 is 0 Å². The van der Waals surface area contributed by atoms with Crippen molar-refractivity contribution in [1.82, 2.24) is 10.2 Å². The first-order chi connectivity index (χ1) is 7.72. The van der Waals surface area contributed by atoms with Gasteiger partial charge in [0.2, 0.25) is 5.91 Å². The zero-order valence-corrected chi connectivity index (χ0v) is 10.2. The van der Waals surface area contributed by atoms with Gasteiger partial charge in [0, 0.05) is 41.3 Å². The molecule has 2 aliphatic rings. The lowest BCUT2D eigenvalue weighted by Gasteiger charge is -2.21. The summed E-state index contributed by atoms with van der Waals surface area (Å²) in [6.45, 7) is 4.27. The Bertz CT molecular complexity index is 415. The van der Waals surface area contributed by atoms with Crippen LogP contribution < -0.4 is 5.32 Å². The molecule has 1 amide bonds. The van der Waals surface area contributed by atoms with Crippen molar-refractivity contribution in [1.29, 1.82) is 0 Å². The van der Waals surface area contributed by atoms with Crippen LogP contribution >= 0.6 is 11.3 Å². The number of likely N-dealkylation sites (tertiary alicyclic amines) is 1. The minimum Gasteiger partial charge on any atom is -0.352 e. The Kier molecular flexibility index (Phi) is 2.48. The van der Waals surface area contributed by atoms with Crippen LogP contribution in [0.1, 0.15) is 22.6 Å². The zero-order valence-electron chi connectivity index (χ0n) is 9.40. The molecule has 0 unspecified atom stereocenters. The van der Waals surface area contributed by atoms with Crippen molar-refractivity contribution in [2.75, 3.05) is 6.54 Å². The predicted molar refractivity (Wildman–Crippen MR) is 64.4 cm³/mol. The summed E-state index contributed by atoms with van der Waals surface area (Å²) < 4.78 is 0. The van der Waals surface area contributed by atoms with E-state index in [1.165, 1.54) is 9.75 Å². The van der Waals surface area contributed by atoms with Crippen molar-refractivity contribution < 1.29 is 4.79 Å². The summed E-state index contributed by atoms with van der Waals surface area (Å²) in [4.78, 5) is 16.6. The molecule has 1 aromatic heterocycles. The monoisotopic (exact) mass is 236 g/mol. The molecular formula is C12H16N2OS. The van der Waals surface area contributed by atoms with Gasteiger partial charge in [0.15, 0.2) is 0 Å². The quantitative estimate of drug-likeness (QED) is 0.844. The number of aryl methyl sites for hydroxylation is 1. The van der Waals surface area contributed by atoms with Crippen LogP contribution in [0.3, 0.4) is 0 Å². The van der Waals surface area contributed by atoms with Gasteiger partial charge in [-0.15, -0.1) is 11.3 Å². The van der Waals surface area contributed by atoms with E-state index in [1.807, 2.05) is 11.3 Å². The average Bonchev–Trinajstić information content (AvgIpc) is 2.86. The number of fused-ring (bicyclic) bond motifs is 1. The maximum absolute atomic E-state index is 11.3. The van der Waals surface area contributed by atoms with Crippen molar-refractivity contribution in [3.8, 4) is 0 Å². The highest BCUT2D eigenvalue weighted by Crippen LogP contribution is 2.28. The lowest BCUT2D eigenvalue weighted by atomic mass is 10.1. The minimum atomic E-state index is 0.224. The second-order valence-electron chi connectivity index (χ2n) is 4.72. The lowest BCUT2D eigenvalue weighted by Crippen LogP contribution is -2.33. The number of nitrogens with one attached hydrogen (secondary N) is 1. The van der Waals surface area contributed by atoms with Gasteiger partial charge in [0.1, 0.15) is 0 Å². The second-order valence-corrected chi connectivity index (χ2v) is 6.09. The first kappa shape index (κ1) is 10.3. The molecule has 86 valence electrons. The molecule has 0 spiro atoms. The summed E-state index contributed by atoms with van der Waals surface area (Å²) in [7, 11) is 0. The molecule has 2 saturated heterocycles. The van der Waals surface area contributed by atoms with Gasteiger partial charge >= 0.3 is 0 Å². The van der Waals surface area contributed by atoms with Crippen LogP contribution in [0.15, 0.2) is 12.1 Å². The number of hydrogen-bond acceptors (Lipinski definition) is 3. The molecule has 3 heterocycles. The van der Waals surface area contributed by atoms with Crippen LogP contribution in [-0.2, 0) is 11.3 Å². The molecule has 2 aliphatic heterocycles. The lowest BCUT2D eigenvalue weighted by molar-refractivity contribution is -0.119. The Morgan fingerprint density at radius 1 is 1.56 bits per heavy atom. The third-order valence-electron chi connectivity index (χ3n) is 3.56. The standard InChI is InChI=1S/C12H16N2OS/c1-8-2-3-9(16-8)7-14-5-4-10-11(14)6-12(15)13-10/h2-3,10-11H,4-7H2,1H3,(H,13,15)/t10-,11+/m1/s1. The summed E-state index contributed by atoms with van der Waals surface area (Å²) >= 11 is 1.86. The Morgan fingerprint density at radius 3 is 3.19 bits per heavy atom. The van der Waals surface area contributed by atoms with E-state index in [4.69, 9.17) is 0 Å². The minimum absolute atomic E-state index is 0.224. The molecule has 2 fully saturated rings. The highest BCUT2D eigenvalue weighted by atomic mass is 32.1. The Morgan fingerprint density at radius 2 is 2.44 bits per heavy atom. The summed E-state index contributed by atoms with van der Waals surface area (Å²) in [6, 6.07) is 5.23. The SMILES string of the molecule is Cc1ccc(CN2CC[C@H]3NC(=O)C[C@@H]32)s1. The number of rotatable bonds is 2. The molecule has 1 aromatic rings. The fourth-order valence-electron chi connectivity index (χ4n) is 2.78. The zero-order chi connectivity index (χ0) is 11.1. The highest BCUT2D eigenvalue weighted by Gasteiger charge is 2.41. The van der Waals surface area contributed by atoms with Crippen LogP contribution in [-0.4, -0.2) is 29.4 Å². The average molecular weight is 236 g/mol. The maximum atomic E-state index is 11.3. The van der Waals surface area contributed by atoms with E-state index in [2.05, 4.69) is 29.3 Å². The van der Waals surface area contributed by atoms with Gasteiger partial charge in [-0.2, -0.15) is 0 Å². The summed E-state index contributed by atoms with van der Waals surface area (Å²) in [5, 5.41) is 3.06. The predicted octanol–water partition coefficient (Wildman–Crippen LogP) is 1.52. The molecule has 4 heteroatoms. The number of hydrogen-bond donors (Lipinski definition) is 1. The number of thiophene rings is 1. The van der Waals surface area contributed by atoms with Crippen LogP contribution in [0.4, 0.5) is 0 Å². The van der Waals surface area contributed by atoms with E-state index in [0.29, 0.717) is 18.5 Å². The molecule has 0 bridgehead atoms. The third kappa shape index (κ3) is 1.76. The fourth-order valence-corrected chi connectivity index (χ4v) is 3.70. The first-order valence-corrected chi connectivity index (χ1v) is 6.63. The van der Waals surface area contributed by atoms with E-state index >= 15 is 0 Å². The van der Waals surface area contributed by atoms with Crippen molar-refractivity contribution in [2.45, 2.75) is 38.4 Å². The van der Waals surface area contributed by atoms with Gasteiger partial charge in [-0.3, -0.25) is 9.69 Å². The van der Waals surface area contributed by atoms with Crippen molar-refractivity contribution in [3.05, 3.63) is 21.9 Å². The molecule has 3 rings (SSSR count). The van der Waals surface area contributed by atoms with Crippen LogP contribution in [0.2, 0.25) is 0 Å². The van der Waals surface area contributed by atoms with Gasteiger partial charge in [-0.25, -0.2) is 0 Å². The highest BCUT2D eigenvalue weighted by molar-refractivity contribution is 7.11. The van der Waals surface area contributed by atoms with Gasteiger partial charge in [0.05, 0.1) is 0 Å². The molecule has 16 heavy (non-hydrogen) atoms. The maximum Gasteiger partial charge on any atom is 0.221 e. The van der Waals surface area contributed by atoms with Crippen LogP contribution in [0.5, 0.6) is 0 Å².